The van der Waals surface area contributed by atoms with Crippen molar-refractivity contribution in [3.05, 3.63) is 93.5 Å². The van der Waals surface area contributed by atoms with E-state index in [1.54, 1.807) is 39.9 Å². The van der Waals surface area contributed by atoms with E-state index in [4.69, 9.17) is 11.6 Å². The number of carbonyl (C=O) groups excluding carboxylic acids is 2. The molecule has 0 atom stereocenters. The third-order valence-corrected chi connectivity index (χ3v) is 5.80. The first-order valence-corrected chi connectivity index (χ1v) is 10.8. The van der Waals surface area contributed by atoms with Crippen LogP contribution in [0.15, 0.2) is 71.8 Å². The summed E-state index contributed by atoms with van der Waals surface area (Å²) >= 11 is 5.82. The molecule has 1 aromatic carbocycles. The lowest BCUT2D eigenvalue weighted by Gasteiger charge is -2.31. The Kier molecular flexibility index (Phi) is 6.66. The van der Waals surface area contributed by atoms with Crippen LogP contribution in [0.25, 0.3) is 0 Å². The van der Waals surface area contributed by atoms with Gasteiger partial charge in [0.05, 0.1) is 11.6 Å². The molecule has 1 aliphatic rings. The number of nitrogens with zero attached hydrogens (tertiary/aromatic N) is 3. The molecule has 0 saturated carbocycles. The zero-order valence-corrected chi connectivity index (χ0v) is 18.2. The molecular formula is C24H23ClN4O3. The summed E-state index contributed by atoms with van der Waals surface area (Å²) in [6.45, 7) is 1.23. The molecule has 0 radical (unpaired) electrons. The van der Waals surface area contributed by atoms with Gasteiger partial charge in [0.15, 0.2) is 0 Å². The summed E-state index contributed by atoms with van der Waals surface area (Å²) in [7, 11) is 0. The molecule has 32 heavy (non-hydrogen) atoms. The maximum absolute atomic E-state index is 13.0. The summed E-state index contributed by atoms with van der Waals surface area (Å²) < 4.78 is 1.54. The van der Waals surface area contributed by atoms with E-state index in [1.165, 1.54) is 6.20 Å². The Balaban J connectivity index is 1.38. The smallest absolute Gasteiger partial charge is 0.263 e. The zero-order valence-electron chi connectivity index (χ0n) is 17.4. The highest BCUT2D eigenvalue weighted by Gasteiger charge is 2.29. The normalized spacial score (nSPS) is 14.2. The molecule has 1 fully saturated rings. The number of hydrogen-bond acceptors (Lipinski definition) is 4. The third-order valence-electron chi connectivity index (χ3n) is 5.58. The highest BCUT2D eigenvalue weighted by Crippen LogP contribution is 2.20. The lowest BCUT2D eigenvalue weighted by atomic mass is 9.95. The standard InChI is InChI=1S/C24H23ClN4O3/c25-19-8-9-21(26-15-19)27-22(30)18-10-13-28(14-11-18)23(31)20-7-4-12-29(24(20)32)16-17-5-2-1-3-6-17/h1-9,12,15,18H,10-11,13-14,16H2,(H,26,27,30). The maximum Gasteiger partial charge on any atom is 0.263 e. The first kappa shape index (κ1) is 21.8. The van der Waals surface area contributed by atoms with Gasteiger partial charge in [-0.25, -0.2) is 4.98 Å². The number of likely N-dealkylation sites (tertiary alicyclic amines) is 1. The van der Waals surface area contributed by atoms with Gasteiger partial charge in [-0.15, -0.1) is 0 Å². The van der Waals surface area contributed by atoms with Crippen molar-refractivity contribution in [1.29, 1.82) is 0 Å². The summed E-state index contributed by atoms with van der Waals surface area (Å²) in [6.07, 6.45) is 4.21. The van der Waals surface area contributed by atoms with Crippen molar-refractivity contribution in [3.8, 4) is 0 Å². The fourth-order valence-corrected chi connectivity index (χ4v) is 3.91. The highest BCUT2D eigenvalue weighted by molar-refractivity contribution is 6.30. The Bertz CT molecular complexity index is 1150. The van der Waals surface area contributed by atoms with Crippen LogP contribution in [0.5, 0.6) is 0 Å². The van der Waals surface area contributed by atoms with E-state index in [0.717, 1.165) is 5.56 Å². The van der Waals surface area contributed by atoms with Crippen molar-refractivity contribution < 1.29 is 9.59 Å². The van der Waals surface area contributed by atoms with Crippen molar-refractivity contribution >= 4 is 29.2 Å². The Labute approximate surface area is 190 Å². The zero-order chi connectivity index (χ0) is 22.5. The summed E-state index contributed by atoms with van der Waals surface area (Å²) in [4.78, 5) is 44.2. The molecule has 3 heterocycles. The Hall–Kier alpha value is -3.45. The topological polar surface area (TPSA) is 84.3 Å². The van der Waals surface area contributed by atoms with Crippen LogP contribution in [0.4, 0.5) is 5.82 Å². The van der Waals surface area contributed by atoms with Crippen molar-refractivity contribution in [2.75, 3.05) is 18.4 Å². The predicted octanol–water partition coefficient (Wildman–Crippen LogP) is 3.44. The lowest BCUT2D eigenvalue weighted by molar-refractivity contribution is -0.121. The minimum atomic E-state index is -0.310. The summed E-state index contributed by atoms with van der Waals surface area (Å²) in [5, 5.41) is 3.29. The second kappa shape index (κ2) is 9.78. The molecule has 0 aliphatic carbocycles. The number of carbonyl (C=O) groups is 2. The van der Waals surface area contributed by atoms with Gasteiger partial charge in [0.25, 0.3) is 11.5 Å². The van der Waals surface area contributed by atoms with Gasteiger partial charge < -0.3 is 14.8 Å². The minimum absolute atomic E-state index is 0.128. The number of nitrogens with one attached hydrogen (secondary N) is 1. The van der Waals surface area contributed by atoms with E-state index in [0.29, 0.717) is 43.3 Å². The lowest BCUT2D eigenvalue weighted by Crippen LogP contribution is -2.43. The number of hydrogen-bond donors (Lipinski definition) is 1. The van der Waals surface area contributed by atoms with Crippen molar-refractivity contribution in [2.45, 2.75) is 19.4 Å². The molecule has 0 unspecified atom stereocenters. The van der Waals surface area contributed by atoms with E-state index in [-0.39, 0.29) is 28.9 Å². The highest BCUT2D eigenvalue weighted by atomic mass is 35.5. The van der Waals surface area contributed by atoms with Crippen molar-refractivity contribution in [2.24, 2.45) is 5.92 Å². The number of piperidine rings is 1. The molecule has 3 aromatic rings. The van der Waals surface area contributed by atoms with Gasteiger partial charge in [-0.1, -0.05) is 41.9 Å². The van der Waals surface area contributed by atoms with Gasteiger partial charge in [0.2, 0.25) is 5.91 Å². The van der Waals surface area contributed by atoms with Crippen LogP contribution in [-0.4, -0.2) is 39.4 Å². The SMILES string of the molecule is O=C(Nc1ccc(Cl)cn1)C1CCN(C(=O)c2cccn(Cc3ccccc3)c2=O)CC1. The van der Waals surface area contributed by atoms with Gasteiger partial charge in [-0.3, -0.25) is 14.4 Å². The van der Waals surface area contributed by atoms with E-state index >= 15 is 0 Å². The average molecular weight is 451 g/mol. The molecule has 164 valence electrons. The molecule has 2 amide bonds. The molecule has 1 aliphatic heterocycles. The van der Waals surface area contributed by atoms with Gasteiger partial charge in [0.1, 0.15) is 11.4 Å². The summed E-state index contributed by atoms with van der Waals surface area (Å²) in [5.74, 6) is -0.198. The molecule has 1 saturated heterocycles. The molecule has 1 N–H and O–H groups in total. The van der Waals surface area contributed by atoms with Crippen LogP contribution in [0.3, 0.4) is 0 Å². The van der Waals surface area contributed by atoms with Crippen molar-refractivity contribution in [1.82, 2.24) is 14.5 Å². The van der Waals surface area contributed by atoms with E-state index in [2.05, 4.69) is 10.3 Å². The first-order chi connectivity index (χ1) is 15.5. The molecule has 0 bridgehead atoms. The number of aromatic nitrogens is 2. The second-order valence-corrected chi connectivity index (χ2v) is 8.19. The molecule has 7 nitrogen and oxygen atoms in total. The van der Waals surface area contributed by atoms with Crippen LogP contribution in [0, 0.1) is 5.92 Å². The quantitative estimate of drug-likeness (QED) is 0.645. The molecule has 0 spiro atoms. The largest absolute Gasteiger partial charge is 0.338 e. The minimum Gasteiger partial charge on any atom is -0.338 e. The fourth-order valence-electron chi connectivity index (χ4n) is 3.80. The van der Waals surface area contributed by atoms with Crippen LogP contribution in [0.2, 0.25) is 5.02 Å². The van der Waals surface area contributed by atoms with Crippen LogP contribution >= 0.6 is 11.6 Å². The number of amides is 2. The molecule has 4 rings (SSSR count). The number of pyridine rings is 2. The van der Waals surface area contributed by atoms with E-state index in [1.807, 2.05) is 30.3 Å². The number of anilines is 1. The second-order valence-electron chi connectivity index (χ2n) is 7.76. The number of benzene rings is 1. The molecule has 2 aromatic heterocycles. The number of halogens is 1. The monoisotopic (exact) mass is 450 g/mol. The van der Waals surface area contributed by atoms with Gasteiger partial charge in [-0.05, 0) is 42.7 Å². The summed E-state index contributed by atoms with van der Waals surface area (Å²) in [5.41, 5.74) is 0.827. The first-order valence-electron chi connectivity index (χ1n) is 10.5. The van der Waals surface area contributed by atoms with Gasteiger partial charge in [0, 0.05) is 31.4 Å². The van der Waals surface area contributed by atoms with Crippen molar-refractivity contribution in [3.63, 3.8) is 0 Å². The molecule has 8 heteroatoms. The third kappa shape index (κ3) is 5.06. The number of rotatable bonds is 5. The van der Waals surface area contributed by atoms with Gasteiger partial charge >= 0.3 is 0 Å². The van der Waals surface area contributed by atoms with Crippen LogP contribution in [0.1, 0.15) is 28.8 Å². The van der Waals surface area contributed by atoms with E-state index < -0.39 is 0 Å². The van der Waals surface area contributed by atoms with Crippen LogP contribution in [-0.2, 0) is 11.3 Å². The Morgan fingerprint density at radius 1 is 1.03 bits per heavy atom. The average Bonchev–Trinajstić information content (AvgIpc) is 2.82. The summed E-state index contributed by atoms with van der Waals surface area (Å²) in [6, 6.07) is 16.2. The fraction of sp³-hybridized carbons (Fsp3) is 0.250. The van der Waals surface area contributed by atoms with Crippen LogP contribution < -0.4 is 10.9 Å². The van der Waals surface area contributed by atoms with Gasteiger partial charge in [-0.2, -0.15) is 0 Å². The Morgan fingerprint density at radius 3 is 2.47 bits per heavy atom. The predicted molar refractivity (Wildman–Crippen MR) is 123 cm³/mol. The van der Waals surface area contributed by atoms with E-state index in [9.17, 15) is 14.4 Å². The Morgan fingerprint density at radius 2 is 1.78 bits per heavy atom. The molecular weight excluding hydrogens is 428 g/mol. The maximum atomic E-state index is 13.0.